The van der Waals surface area contributed by atoms with Gasteiger partial charge < -0.3 is 9.84 Å². The smallest absolute Gasteiger partial charge is 0.0900 e. The van der Waals surface area contributed by atoms with E-state index in [1.807, 2.05) is 42.1 Å². The van der Waals surface area contributed by atoms with Crippen molar-refractivity contribution in [2.45, 2.75) is 19.1 Å². The molecule has 2 rings (SSSR count). The highest BCUT2D eigenvalue weighted by Crippen LogP contribution is 2.13. The molecule has 4 heteroatoms. The van der Waals surface area contributed by atoms with Crippen molar-refractivity contribution in [1.82, 2.24) is 4.90 Å². The van der Waals surface area contributed by atoms with Crippen molar-refractivity contribution in [3.63, 3.8) is 0 Å². The third-order valence-corrected chi connectivity index (χ3v) is 4.05. The Labute approximate surface area is 113 Å². The summed E-state index contributed by atoms with van der Waals surface area (Å²) >= 11 is 1.94. The monoisotopic (exact) mass is 267 g/mol. The number of rotatable bonds is 6. The summed E-state index contributed by atoms with van der Waals surface area (Å²) in [5.41, 5.74) is 1.15. The molecule has 3 nitrogen and oxygen atoms in total. The van der Waals surface area contributed by atoms with E-state index in [2.05, 4.69) is 4.90 Å². The molecule has 0 spiro atoms. The Morgan fingerprint density at radius 1 is 1.33 bits per heavy atom. The average molecular weight is 267 g/mol. The summed E-state index contributed by atoms with van der Waals surface area (Å²) in [6.45, 7) is 2.81. The predicted octanol–water partition coefficient (Wildman–Crippen LogP) is 1.96. The molecule has 1 aromatic carbocycles. The zero-order valence-electron chi connectivity index (χ0n) is 10.6. The zero-order chi connectivity index (χ0) is 12.6. The van der Waals surface area contributed by atoms with Gasteiger partial charge in [0.25, 0.3) is 0 Å². The fourth-order valence-corrected chi connectivity index (χ4v) is 2.99. The van der Waals surface area contributed by atoms with Gasteiger partial charge in [-0.2, -0.15) is 0 Å². The van der Waals surface area contributed by atoms with Gasteiger partial charge in [-0.05, 0) is 24.3 Å². The molecular weight excluding hydrogens is 246 g/mol. The maximum Gasteiger partial charge on any atom is 0.0900 e. The summed E-state index contributed by atoms with van der Waals surface area (Å²) in [5.74, 6) is 2.28. The minimum absolute atomic E-state index is 0.382. The van der Waals surface area contributed by atoms with E-state index in [0.29, 0.717) is 13.2 Å². The van der Waals surface area contributed by atoms with Gasteiger partial charge in [-0.1, -0.05) is 30.3 Å². The Morgan fingerprint density at radius 2 is 2.17 bits per heavy atom. The average Bonchev–Trinajstić information content (AvgIpc) is 2.41. The molecule has 1 heterocycles. The topological polar surface area (TPSA) is 32.7 Å². The van der Waals surface area contributed by atoms with Crippen LogP contribution in [-0.2, 0) is 11.3 Å². The lowest BCUT2D eigenvalue weighted by Crippen LogP contribution is -2.37. The lowest BCUT2D eigenvalue weighted by Gasteiger charge is -2.27. The molecule has 0 radical (unpaired) electrons. The molecule has 1 N–H and O–H groups in total. The number of thioether (sulfide) groups is 1. The minimum Gasteiger partial charge on any atom is -0.389 e. The molecule has 1 atom stereocenters. The Morgan fingerprint density at radius 3 is 2.89 bits per heavy atom. The first kappa shape index (κ1) is 13.9. The second-order valence-corrected chi connectivity index (χ2v) is 5.70. The van der Waals surface area contributed by atoms with Gasteiger partial charge in [0.1, 0.15) is 0 Å². The van der Waals surface area contributed by atoms with Crippen LogP contribution in [0.4, 0.5) is 0 Å². The Kier molecular flexibility index (Phi) is 6.00. The molecule has 0 aliphatic carbocycles. The number of nitrogens with zero attached hydrogens (tertiary/aromatic N) is 1. The van der Waals surface area contributed by atoms with E-state index >= 15 is 0 Å². The van der Waals surface area contributed by atoms with Gasteiger partial charge in [0, 0.05) is 12.4 Å². The largest absolute Gasteiger partial charge is 0.389 e. The molecule has 0 aromatic heterocycles. The van der Waals surface area contributed by atoms with E-state index in [4.69, 9.17) is 4.74 Å². The number of β-amino-alcohol motifs (C(OH)–C–C–N with tert-alkyl or cyclic N) is 1. The molecule has 0 saturated carbocycles. The molecule has 1 aromatic rings. The summed E-state index contributed by atoms with van der Waals surface area (Å²) in [6.07, 6.45) is 0.842. The van der Waals surface area contributed by atoms with Crippen molar-refractivity contribution in [3.05, 3.63) is 35.9 Å². The van der Waals surface area contributed by atoms with Crippen LogP contribution in [0.2, 0.25) is 0 Å². The Balaban J connectivity index is 1.61. The minimum atomic E-state index is -0.382. The van der Waals surface area contributed by atoms with Gasteiger partial charge in [0.15, 0.2) is 0 Å². The highest BCUT2D eigenvalue weighted by atomic mass is 32.2. The summed E-state index contributed by atoms with van der Waals surface area (Å²) < 4.78 is 5.54. The van der Waals surface area contributed by atoms with Crippen LogP contribution in [0.1, 0.15) is 12.0 Å². The molecule has 18 heavy (non-hydrogen) atoms. The van der Waals surface area contributed by atoms with E-state index < -0.39 is 0 Å². The van der Waals surface area contributed by atoms with Crippen LogP contribution in [0, 0.1) is 0 Å². The van der Waals surface area contributed by atoms with Crippen molar-refractivity contribution in [3.8, 4) is 0 Å². The number of hydrogen-bond donors (Lipinski definition) is 1. The maximum absolute atomic E-state index is 9.90. The molecule has 1 unspecified atom stereocenters. The van der Waals surface area contributed by atoms with Gasteiger partial charge in [0.05, 0.1) is 19.3 Å². The first-order chi connectivity index (χ1) is 8.84. The molecule has 100 valence electrons. The van der Waals surface area contributed by atoms with Crippen molar-refractivity contribution in [1.29, 1.82) is 0 Å². The van der Waals surface area contributed by atoms with E-state index in [1.54, 1.807) is 0 Å². The first-order valence-corrected chi connectivity index (χ1v) is 7.60. The molecule has 0 bridgehead atoms. The summed E-state index contributed by atoms with van der Waals surface area (Å²) in [5, 5.41) is 9.90. The van der Waals surface area contributed by atoms with Gasteiger partial charge in [-0.3, -0.25) is 4.90 Å². The summed E-state index contributed by atoms with van der Waals surface area (Å²) in [6, 6.07) is 10.1. The fraction of sp³-hybridized carbons (Fsp3) is 0.571. The SMILES string of the molecule is OC(COCc1ccccc1)CN1CCCSC1. The molecule has 1 aliphatic heterocycles. The van der Waals surface area contributed by atoms with E-state index in [-0.39, 0.29) is 6.10 Å². The van der Waals surface area contributed by atoms with Crippen LogP contribution in [0.15, 0.2) is 30.3 Å². The Bertz CT molecular complexity index is 328. The van der Waals surface area contributed by atoms with Crippen molar-refractivity contribution in [2.75, 3.05) is 31.3 Å². The quantitative estimate of drug-likeness (QED) is 0.854. The van der Waals surface area contributed by atoms with Crippen LogP contribution in [0.3, 0.4) is 0 Å². The van der Waals surface area contributed by atoms with Crippen molar-refractivity contribution >= 4 is 11.8 Å². The van der Waals surface area contributed by atoms with Crippen molar-refractivity contribution in [2.24, 2.45) is 0 Å². The van der Waals surface area contributed by atoms with Gasteiger partial charge in [0.2, 0.25) is 0 Å². The molecule has 1 fully saturated rings. The number of aliphatic hydroxyl groups excluding tert-OH is 1. The van der Waals surface area contributed by atoms with E-state index in [9.17, 15) is 5.11 Å². The molecular formula is C14H21NO2S. The lowest BCUT2D eigenvalue weighted by atomic mass is 10.2. The number of aliphatic hydroxyl groups is 1. The predicted molar refractivity (Wildman–Crippen MR) is 75.6 cm³/mol. The standard InChI is InChI=1S/C14H21NO2S/c16-14(9-15-7-4-8-18-12-15)11-17-10-13-5-2-1-3-6-13/h1-3,5-6,14,16H,4,7-12H2. The third-order valence-electron chi connectivity index (χ3n) is 2.93. The van der Waals surface area contributed by atoms with Crippen LogP contribution >= 0.6 is 11.8 Å². The first-order valence-electron chi connectivity index (χ1n) is 6.44. The third kappa shape index (κ3) is 4.98. The molecule has 0 amide bonds. The maximum atomic E-state index is 9.90. The number of ether oxygens (including phenoxy) is 1. The van der Waals surface area contributed by atoms with Gasteiger partial charge in [-0.25, -0.2) is 0 Å². The molecule has 1 saturated heterocycles. The molecule has 1 aliphatic rings. The highest BCUT2D eigenvalue weighted by Gasteiger charge is 2.14. The normalized spacial score (nSPS) is 18.7. The Hall–Kier alpha value is -0.550. The van der Waals surface area contributed by atoms with Crippen LogP contribution < -0.4 is 0 Å². The fourth-order valence-electron chi connectivity index (χ4n) is 2.03. The highest BCUT2D eigenvalue weighted by molar-refractivity contribution is 7.99. The summed E-state index contributed by atoms with van der Waals surface area (Å²) in [4.78, 5) is 2.30. The number of hydrogen-bond acceptors (Lipinski definition) is 4. The summed E-state index contributed by atoms with van der Waals surface area (Å²) in [7, 11) is 0. The number of benzene rings is 1. The second-order valence-electron chi connectivity index (χ2n) is 4.62. The van der Waals surface area contributed by atoms with Gasteiger partial charge in [-0.15, -0.1) is 11.8 Å². The lowest BCUT2D eigenvalue weighted by molar-refractivity contribution is 0.0125. The van der Waals surface area contributed by atoms with E-state index in [0.717, 1.165) is 24.5 Å². The zero-order valence-corrected chi connectivity index (χ0v) is 11.4. The van der Waals surface area contributed by atoms with Gasteiger partial charge >= 0.3 is 0 Å². The van der Waals surface area contributed by atoms with E-state index in [1.165, 1.54) is 12.2 Å². The van der Waals surface area contributed by atoms with Crippen LogP contribution in [-0.4, -0.2) is 47.4 Å². The van der Waals surface area contributed by atoms with Crippen LogP contribution in [0.5, 0.6) is 0 Å². The second kappa shape index (κ2) is 7.79. The van der Waals surface area contributed by atoms with Crippen molar-refractivity contribution < 1.29 is 9.84 Å². The van der Waals surface area contributed by atoms with Crippen LogP contribution in [0.25, 0.3) is 0 Å².